The summed E-state index contributed by atoms with van der Waals surface area (Å²) in [6.07, 6.45) is 5.80. The summed E-state index contributed by atoms with van der Waals surface area (Å²) in [5, 5.41) is 7.96. The van der Waals surface area contributed by atoms with Gasteiger partial charge in [-0.3, -0.25) is 9.59 Å². The van der Waals surface area contributed by atoms with Crippen LogP contribution in [0.15, 0.2) is 55.5 Å². The second-order valence-electron chi connectivity index (χ2n) is 6.92. The number of hydrazone groups is 2. The maximum absolute atomic E-state index is 11.9. The molecule has 10 heteroatoms. The number of rotatable bonds is 12. The highest BCUT2D eigenvalue weighted by molar-refractivity contribution is 9.10. The average Bonchev–Trinajstić information content (AvgIpc) is 2.79. The number of halogens is 2. The van der Waals surface area contributed by atoms with Crippen LogP contribution in [-0.4, -0.2) is 38.5 Å². The minimum absolute atomic E-state index is 0.183. The summed E-state index contributed by atoms with van der Waals surface area (Å²) in [6.45, 7) is 0. The summed E-state index contributed by atoms with van der Waals surface area (Å²) >= 11 is 6.78. The number of unbranched alkanes of at least 4 members (excludes halogenated alkanes) is 2. The van der Waals surface area contributed by atoms with Crippen molar-refractivity contribution in [2.24, 2.45) is 10.2 Å². The molecule has 0 atom stereocenters. The molecule has 8 nitrogen and oxygen atoms in total. The maximum Gasteiger partial charge on any atom is 0.240 e. The molecule has 0 bridgehead atoms. The highest BCUT2D eigenvalue weighted by Gasteiger charge is 2.05. The van der Waals surface area contributed by atoms with Gasteiger partial charge in [-0.15, -0.1) is 0 Å². The van der Waals surface area contributed by atoms with Gasteiger partial charge >= 0.3 is 0 Å². The van der Waals surface area contributed by atoms with Crippen molar-refractivity contribution in [1.29, 1.82) is 0 Å². The molecule has 2 amide bonds. The van der Waals surface area contributed by atoms with Crippen LogP contribution in [-0.2, 0) is 9.59 Å². The Bertz CT molecular complexity index is 932. The van der Waals surface area contributed by atoms with E-state index in [1.165, 1.54) is 12.4 Å². The summed E-state index contributed by atoms with van der Waals surface area (Å²) in [5.74, 6) is 0.957. The summed E-state index contributed by atoms with van der Waals surface area (Å²) in [5.41, 5.74) is 6.51. The first-order valence-electron chi connectivity index (χ1n) is 10.2. The normalized spacial score (nSPS) is 11.0. The van der Waals surface area contributed by atoms with Gasteiger partial charge in [0.2, 0.25) is 11.8 Å². The van der Waals surface area contributed by atoms with Crippen molar-refractivity contribution in [3.8, 4) is 11.5 Å². The molecule has 0 unspecified atom stereocenters. The number of nitrogens with one attached hydrogen (secondary N) is 2. The number of ether oxygens (including phenoxy) is 2. The molecular weight excluding hydrogens is 556 g/mol. The third-order valence-electron chi connectivity index (χ3n) is 4.48. The minimum Gasteiger partial charge on any atom is -0.496 e. The van der Waals surface area contributed by atoms with Crippen LogP contribution < -0.4 is 20.3 Å². The van der Waals surface area contributed by atoms with E-state index >= 15 is 0 Å². The molecule has 0 aliphatic heterocycles. The fraction of sp³-hybridized carbons (Fsp3) is 0.304. The topological polar surface area (TPSA) is 101 Å². The molecular formula is C23H26Br2N4O4. The zero-order valence-electron chi connectivity index (χ0n) is 18.4. The van der Waals surface area contributed by atoms with E-state index in [1.807, 2.05) is 36.4 Å². The van der Waals surface area contributed by atoms with Crippen molar-refractivity contribution < 1.29 is 19.1 Å². The Balaban J connectivity index is 1.63. The summed E-state index contributed by atoms with van der Waals surface area (Å²) in [7, 11) is 3.15. The lowest BCUT2D eigenvalue weighted by Gasteiger charge is -2.05. The quantitative estimate of drug-likeness (QED) is 0.214. The van der Waals surface area contributed by atoms with Crippen molar-refractivity contribution >= 4 is 56.1 Å². The van der Waals surface area contributed by atoms with Gasteiger partial charge in [0.15, 0.2) is 0 Å². The Morgan fingerprint density at radius 3 is 1.61 bits per heavy atom. The first-order chi connectivity index (χ1) is 15.9. The van der Waals surface area contributed by atoms with E-state index in [0.717, 1.165) is 26.5 Å². The maximum atomic E-state index is 11.9. The average molecular weight is 582 g/mol. The van der Waals surface area contributed by atoms with Gasteiger partial charge in [0.05, 0.1) is 26.6 Å². The van der Waals surface area contributed by atoms with Gasteiger partial charge in [0, 0.05) is 32.9 Å². The van der Waals surface area contributed by atoms with Crippen LogP contribution in [0.4, 0.5) is 0 Å². The number of carbonyl (C=O) groups excluding carboxylic acids is 2. The molecule has 0 saturated carbocycles. The Kier molecular flexibility index (Phi) is 11.6. The van der Waals surface area contributed by atoms with Crippen LogP contribution in [0.3, 0.4) is 0 Å². The minimum atomic E-state index is -0.183. The number of methoxy groups -OCH3 is 2. The summed E-state index contributed by atoms with van der Waals surface area (Å²) in [6, 6.07) is 11.0. The summed E-state index contributed by atoms with van der Waals surface area (Å²) < 4.78 is 12.3. The van der Waals surface area contributed by atoms with Gasteiger partial charge in [0.25, 0.3) is 0 Å². The molecule has 2 aromatic rings. The van der Waals surface area contributed by atoms with Gasteiger partial charge in [-0.2, -0.15) is 10.2 Å². The van der Waals surface area contributed by atoms with Crippen LogP contribution in [0.25, 0.3) is 0 Å². The number of hydrogen-bond donors (Lipinski definition) is 2. The van der Waals surface area contributed by atoms with E-state index in [4.69, 9.17) is 9.47 Å². The predicted molar refractivity (Wildman–Crippen MR) is 136 cm³/mol. The second kappa shape index (κ2) is 14.4. The Morgan fingerprint density at radius 2 is 1.21 bits per heavy atom. The van der Waals surface area contributed by atoms with Crippen molar-refractivity contribution in [3.05, 3.63) is 56.5 Å². The highest BCUT2D eigenvalue weighted by Crippen LogP contribution is 2.22. The molecule has 176 valence electrons. The molecule has 2 aromatic carbocycles. The van der Waals surface area contributed by atoms with Crippen molar-refractivity contribution in [1.82, 2.24) is 10.9 Å². The number of hydrogen-bond acceptors (Lipinski definition) is 6. The lowest BCUT2D eigenvalue weighted by Crippen LogP contribution is -2.18. The van der Waals surface area contributed by atoms with Crippen LogP contribution in [0, 0.1) is 0 Å². The van der Waals surface area contributed by atoms with Crippen molar-refractivity contribution in [2.45, 2.75) is 32.1 Å². The van der Waals surface area contributed by atoms with E-state index in [-0.39, 0.29) is 11.8 Å². The lowest BCUT2D eigenvalue weighted by molar-refractivity contribution is -0.121. The standard InChI is InChI=1S/C23H26Br2N4O4/c1-32-20-10-8-18(24)12-16(20)14-26-28-22(30)6-4-3-5-7-23(31)29-27-15-17-13-19(25)9-11-21(17)33-2/h8-15H,3-7H2,1-2H3,(H,28,30)(H,29,31)/b26-14+,27-15+. The Hall–Kier alpha value is -2.72. The van der Waals surface area contributed by atoms with Crippen LogP contribution in [0.5, 0.6) is 11.5 Å². The molecule has 0 radical (unpaired) electrons. The molecule has 0 saturated heterocycles. The smallest absolute Gasteiger partial charge is 0.240 e. The first kappa shape index (κ1) is 26.5. The predicted octanol–water partition coefficient (Wildman–Crippen LogP) is 4.78. The Labute approximate surface area is 210 Å². The molecule has 33 heavy (non-hydrogen) atoms. The van der Waals surface area contributed by atoms with E-state index < -0.39 is 0 Å². The highest BCUT2D eigenvalue weighted by atomic mass is 79.9. The van der Waals surface area contributed by atoms with E-state index in [0.29, 0.717) is 37.2 Å². The fourth-order valence-electron chi connectivity index (χ4n) is 2.82. The third-order valence-corrected chi connectivity index (χ3v) is 5.46. The summed E-state index contributed by atoms with van der Waals surface area (Å²) in [4.78, 5) is 23.9. The van der Waals surface area contributed by atoms with Crippen LogP contribution in [0.2, 0.25) is 0 Å². The second-order valence-corrected chi connectivity index (χ2v) is 8.75. The zero-order chi connectivity index (χ0) is 24.1. The lowest BCUT2D eigenvalue weighted by atomic mass is 10.1. The molecule has 2 N–H and O–H groups in total. The van der Waals surface area contributed by atoms with E-state index in [1.54, 1.807) is 14.2 Å². The van der Waals surface area contributed by atoms with E-state index in [2.05, 4.69) is 52.9 Å². The zero-order valence-corrected chi connectivity index (χ0v) is 21.6. The van der Waals surface area contributed by atoms with Crippen molar-refractivity contribution in [2.75, 3.05) is 14.2 Å². The number of benzene rings is 2. The molecule has 0 spiro atoms. The molecule has 2 rings (SSSR count). The van der Waals surface area contributed by atoms with E-state index in [9.17, 15) is 9.59 Å². The monoisotopic (exact) mass is 580 g/mol. The molecule has 0 heterocycles. The fourth-order valence-corrected chi connectivity index (χ4v) is 3.58. The van der Waals surface area contributed by atoms with Gasteiger partial charge in [-0.05, 0) is 49.2 Å². The molecule has 0 aromatic heterocycles. The molecule has 0 aliphatic carbocycles. The SMILES string of the molecule is COc1ccc(Br)cc1/C=N/NC(=O)CCCCCC(=O)N/N=C/c1cc(Br)ccc1OC. The van der Waals surface area contributed by atoms with Crippen molar-refractivity contribution in [3.63, 3.8) is 0 Å². The number of amides is 2. The van der Waals surface area contributed by atoms with Gasteiger partial charge in [-0.25, -0.2) is 10.9 Å². The number of carbonyl (C=O) groups is 2. The largest absolute Gasteiger partial charge is 0.496 e. The van der Waals surface area contributed by atoms with Crippen LogP contribution >= 0.6 is 31.9 Å². The molecule has 0 fully saturated rings. The van der Waals surface area contributed by atoms with Crippen LogP contribution in [0.1, 0.15) is 43.2 Å². The first-order valence-corrected chi connectivity index (χ1v) is 11.8. The van der Waals surface area contributed by atoms with Gasteiger partial charge in [0.1, 0.15) is 11.5 Å². The van der Waals surface area contributed by atoms with Gasteiger partial charge in [-0.1, -0.05) is 38.3 Å². The molecule has 0 aliphatic rings. The Morgan fingerprint density at radius 1 is 0.788 bits per heavy atom. The third kappa shape index (κ3) is 9.75. The van der Waals surface area contributed by atoms with Gasteiger partial charge < -0.3 is 9.47 Å². The number of nitrogens with zero attached hydrogens (tertiary/aromatic N) is 2.